The van der Waals surface area contributed by atoms with Gasteiger partial charge in [-0.05, 0) is 55.8 Å². The molecule has 4 unspecified atom stereocenters. The van der Waals surface area contributed by atoms with Gasteiger partial charge >= 0.3 is 0 Å². The minimum Gasteiger partial charge on any atom is -0.0894 e. The van der Waals surface area contributed by atoms with E-state index in [2.05, 4.69) is 43.6 Å². The molecule has 0 heterocycles. The van der Waals surface area contributed by atoms with Crippen LogP contribution >= 0.6 is 15.9 Å². The van der Waals surface area contributed by atoms with E-state index >= 15 is 0 Å². The Bertz CT molecular complexity index is 166. The fourth-order valence-electron chi connectivity index (χ4n) is 3.20. The normalized spacial score (nSPS) is 36.2. The third kappa shape index (κ3) is 4.89. The second-order valence-electron chi connectivity index (χ2n) is 6.01. The predicted octanol–water partition coefficient (Wildman–Crippen LogP) is 5.26. The third-order valence-corrected chi connectivity index (χ3v) is 4.50. The van der Waals surface area contributed by atoms with Crippen molar-refractivity contribution in [1.82, 2.24) is 0 Å². The molecular weight excluding hydrogens is 248 g/mol. The van der Waals surface area contributed by atoms with Crippen molar-refractivity contribution in [1.29, 1.82) is 0 Å². The summed E-state index contributed by atoms with van der Waals surface area (Å²) in [5, 5.41) is 0. The SMILES string of the molecule is CC(Br)CCC(C)C1CC(C)CC(C)C1. The van der Waals surface area contributed by atoms with Crippen molar-refractivity contribution in [2.75, 3.05) is 0 Å². The Labute approximate surface area is 104 Å². The average molecular weight is 275 g/mol. The van der Waals surface area contributed by atoms with E-state index in [0.29, 0.717) is 4.83 Å². The summed E-state index contributed by atoms with van der Waals surface area (Å²) in [5.74, 6) is 3.84. The molecular formula is C14H27Br. The maximum atomic E-state index is 3.65. The lowest BCUT2D eigenvalue weighted by Gasteiger charge is -2.35. The second kappa shape index (κ2) is 6.27. The van der Waals surface area contributed by atoms with E-state index < -0.39 is 0 Å². The lowest BCUT2D eigenvalue weighted by molar-refractivity contribution is 0.162. The summed E-state index contributed by atoms with van der Waals surface area (Å²) in [6.07, 6.45) is 7.14. The Morgan fingerprint density at radius 1 is 1.00 bits per heavy atom. The first-order valence-corrected chi connectivity index (χ1v) is 7.54. The summed E-state index contributed by atoms with van der Waals surface area (Å²) < 4.78 is 0. The van der Waals surface area contributed by atoms with Crippen molar-refractivity contribution in [3.63, 3.8) is 0 Å². The van der Waals surface area contributed by atoms with Crippen LogP contribution < -0.4 is 0 Å². The van der Waals surface area contributed by atoms with Crippen LogP contribution in [0.4, 0.5) is 0 Å². The van der Waals surface area contributed by atoms with E-state index in [4.69, 9.17) is 0 Å². The zero-order valence-corrected chi connectivity index (χ0v) is 12.4. The van der Waals surface area contributed by atoms with E-state index in [-0.39, 0.29) is 0 Å². The fraction of sp³-hybridized carbons (Fsp3) is 1.00. The summed E-state index contributed by atoms with van der Waals surface area (Å²) in [6.45, 7) is 9.59. The fourth-order valence-corrected chi connectivity index (χ4v) is 3.47. The molecule has 0 aromatic rings. The van der Waals surface area contributed by atoms with Crippen molar-refractivity contribution >= 4 is 15.9 Å². The van der Waals surface area contributed by atoms with Crippen molar-refractivity contribution in [2.24, 2.45) is 23.7 Å². The van der Waals surface area contributed by atoms with E-state index in [0.717, 1.165) is 23.7 Å². The van der Waals surface area contributed by atoms with E-state index in [9.17, 15) is 0 Å². The van der Waals surface area contributed by atoms with Crippen LogP contribution in [0.5, 0.6) is 0 Å². The first kappa shape index (κ1) is 13.5. The smallest absolute Gasteiger partial charge is 0.0117 e. The maximum Gasteiger partial charge on any atom is 0.0117 e. The van der Waals surface area contributed by atoms with Crippen LogP contribution in [0.15, 0.2) is 0 Å². The Hall–Kier alpha value is 0.480. The number of hydrogen-bond donors (Lipinski definition) is 0. The van der Waals surface area contributed by atoms with Crippen LogP contribution in [-0.2, 0) is 0 Å². The molecule has 0 amide bonds. The Kier molecular flexibility index (Phi) is 5.66. The molecule has 0 N–H and O–H groups in total. The Balaban J connectivity index is 2.34. The van der Waals surface area contributed by atoms with Gasteiger partial charge in [-0.1, -0.05) is 43.6 Å². The second-order valence-corrected chi connectivity index (χ2v) is 7.58. The zero-order valence-electron chi connectivity index (χ0n) is 10.8. The summed E-state index contributed by atoms with van der Waals surface area (Å²) in [5.41, 5.74) is 0. The molecule has 1 aliphatic rings. The Morgan fingerprint density at radius 2 is 1.53 bits per heavy atom. The van der Waals surface area contributed by atoms with Crippen LogP contribution in [0.1, 0.15) is 59.8 Å². The zero-order chi connectivity index (χ0) is 11.4. The summed E-state index contributed by atoms with van der Waals surface area (Å²) >= 11 is 3.65. The van der Waals surface area contributed by atoms with Crippen LogP contribution in [0, 0.1) is 23.7 Å². The minimum absolute atomic E-state index is 0.693. The molecule has 90 valence electrons. The molecule has 0 bridgehead atoms. The highest BCUT2D eigenvalue weighted by molar-refractivity contribution is 9.09. The molecule has 1 fully saturated rings. The molecule has 0 saturated heterocycles. The van der Waals surface area contributed by atoms with E-state index in [1.807, 2.05) is 0 Å². The monoisotopic (exact) mass is 274 g/mol. The highest BCUT2D eigenvalue weighted by atomic mass is 79.9. The number of alkyl halides is 1. The predicted molar refractivity (Wildman–Crippen MR) is 72.5 cm³/mol. The summed E-state index contributed by atoms with van der Waals surface area (Å²) in [4.78, 5) is 0.693. The molecule has 0 aromatic heterocycles. The summed E-state index contributed by atoms with van der Waals surface area (Å²) in [7, 11) is 0. The van der Waals surface area contributed by atoms with Crippen molar-refractivity contribution < 1.29 is 0 Å². The highest BCUT2D eigenvalue weighted by Gasteiger charge is 2.27. The quantitative estimate of drug-likeness (QED) is 0.614. The van der Waals surface area contributed by atoms with Crippen LogP contribution in [0.3, 0.4) is 0 Å². The molecule has 1 saturated carbocycles. The van der Waals surface area contributed by atoms with Gasteiger partial charge in [-0.2, -0.15) is 0 Å². The molecule has 0 radical (unpaired) electrons. The average Bonchev–Trinajstić information content (AvgIpc) is 2.12. The van der Waals surface area contributed by atoms with Crippen molar-refractivity contribution in [3.8, 4) is 0 Å². The number of hydrogen-bond acceptors (Lipinski definition) is 0. The van der Waals surface area contributed by atoms with Crippen LogP contribution in [0.25, 0.3) is 0 Å². The maximum absolute atomic E-state index is 3.65. The van der Waals surface area contributed by atoms with Gasteiger partial charge in [-0.25, -0.2) is 0 Å². The van der Waals surface area contributed by atoms with E-state index in [1.54, 1.807) is 0 Å². The van der Waals surface area contributed by atoms with Gasteiger partial charge in [-0.3, -0.25) is 0 Å². The van der Waals surface area contributed by atoms with Gasteiger partial charge in [0.25, 0.3) is 0 Å². The van der Waals surface area contributed by atoms with Gasteiger partial charge in [0.15, 0.2) is 0 Å². The molecule has 0 aliphatic heterocycles. The lowest BCUT2D eigenvalue weighted by atomic mass is 9.71. The first-order chi connectivity index (χ1) is 6.99. The lowest BCUT2D eigenvalue weighted by Crippen LogP contribution is -2.24. The molecule has 1 aliphatic carbocycles. The topological polar surface area (TPSA) is 0 Å². The van der Waals surface area contributed by atoms with Gasteiger partial charge in [0.2, 0.25) is 0 Å². The molecule has 1 rings (SSSR count). The Morgan fingerprint density at radius 3 is 2.00 bits per heavy atom. The molecule has 0 spiro atoms. The van der Waals surface area contributed by atoms with Gasteiger partial charge < -0.3 is 0 Å². The first-order valence-electron chi connectivity index (χ1n) is 6.63. The largest absolute Gasteiger partial charge is 0.0894 e. The minimum atomic E-state index is 0.693. The standard InChI is InChI=1S/C14H27Br/c1-10-7-11(2)9-14(8-10)12(3)5-6-13(4)15/h10-14H,5-9H2,1-4H3. The van der Waals surface area contributed by atoms with Crippen LogP contribution in [0.2, 0.25) is 0 Å². The van der Waals surface area contributed by atoms with Gasteiger partial charge in [-0.15, -0.1) is 0 Å². The third-order valence-electron chi connectivity index (χ3n) is 4.04. The van der Waals surface area contributed by atoms with Gasteiger partial charge in [0.05, 0.1) is 0 Å². The molecule has 0 nitrogen and oxygen atoms in total. The molecule has 1 heteroatoms. The highest BCUT2D eigenvalue weighted by Crippen LogP contribution is 2.38. The van der Waals surface area contributed by atoms with E-state index in [1.165, 1.54) is 32.1 Å². The molecule has 0 aromatic carbocycles. The van der Waals surface area contributed by atoms with Gasteiger partial charge in [0.1, 0.15) is 0 Å². The molecule has 15 heavy (non-hydrogen) atoms. The van der Waals surface area contributed by atoms with Crippen molar-refractivity contribution in [3.05, 3.63) is 0 Å². The number of halogens is 1. The van der Waals surface area contributed by atoms with Crippen molar-refractivity contribution in [2.45, 2.75) is 64.6 Å². The molecule has 4 atom stereocenters. The number of rotatable bonds is 4. The summed E-state index contributed by atoms with van der Waals surface area (Å²) in [6, 6.07) is 0. The van der Waals surface area contributed by atoms with Crippen LogP contribution in [-0.4, -0.2) is 4.83 Å². The van der Waals surface area contributed by atoms with Gasteiger partial charge in [0, 0.05) is 4.83 Å².